The van der Waals surface area contributed by atoms with Crippen LogP contribution in [0.1, 0.15) is 10.4 Å². The lowest BCUT2D eigenvalue weighted by molar-refractivity contribution is 0.0602. The van der Waals surface area contributed by atoms with Crippen molar-refractivity contribution in [2.75, 3.05) is 18.2 Å². The molecule has 0 aliphatic heterocycles. The Morgan fingerprint density at radius 1 is 1.10 bits per heavy atom. The molecule has 20 heavy (non-hydrogen) atoms. The highest BCUT2D eigenvalue weighted by Gasteiger charge is 2.11. The van der Waals surface area contributed by atoms with Gasteiger partial charge in [-0.2, -0.15) is 0 Å². The van der Waals surface area contributed by atoms with E-state index in [2.05, 4.69) is 10.1 Å². The molecular weight excluding hydrogens is 299 g/mol. The fourth-order valence-corrected chi connectivity index (χ4v) is 2.24. The number of carbonyl (C=O) groups excluding carboxylic acids is 1. The SMILES string of the molecule is COC(=O)c1cc(Nc2cc(Cl)cc(Cl)c2)ccc1N. The van der Waals surface area contributed by atoms with Crippen molar-refractivity contribution in [1.82, 2.24) is 0 Å². The molecule has 0 radical (unpaired) electrons. The average Bonchev–Trinajstić information content (AvgIpc) is 2.39. The van der Waals surface area contributed by atoms with Crippen LogP contribution < -0.4 is 11.1 Å². The molecule has 0 heterocycles. The van der Waals surface area contributed by atoms with Crippen molar-refractivity contribution < 1.29 is 9.53 Å². The van der Waals surface area contributed by atoms with Crippen molar-refractivity contribution in [3.63, 3.8) is 0 Å². The van der Waals surface area contributed by atoms with Gasteiger partial charge in [0.15, 0.2) is 0 Å². The Kier molecular flexibility index (Phi) is 4.37. The summed E-state index contributed by atoms with van der Waals surface area (Å²) >= 11 is 11.9. The summed E-state index contributed by atoms with van der Waals surface area (Å²) in [5.74, 6) is -0.490. The number of hydrogen-bond acceptors (Lipinski definition) is 4. The number of hydrogen-bond donors (Lipinski definition) is 2. The van der Waals surface area contributed by atoms with E-state index in [9.17, 15) is 4.79 Å². The molecule has 4 nitrogen and oxygen atoms in total. The maximum Gasteiger partial charge on any atom is 0.340 e. The lowest BCUT2D eigenvalue weighted by atomic mass is 10.1. The summed E-state index contributed by atoms with van der Waals surface area (Å²) in [4.78, 5) is 11.6. The Hall–Kier alpha value is -1.91. The van der Waals surface area contributed by atoms with Crippen LogP contribution in [0.2, 0.25) is 10.0 Å². The number of carbonyl (C=O) groups is 1. The van der Waals surface area contributed by atoms with E-state index in [1.807, 2.05) is 0 Å². The molecule has 0 aromatic heterocycles. The fraction of sp³-hybridized carbons (Fsp3) is 0.0714. The smallest absolute Gasteiger partial charge is 0.340 e. The first-order valence-corrected chi connectivity index (χ1v) is 6.46. The largest absolute Gasteiger partial charge is 0.465 e. The van der Waals surface area contributed by atoms with E-state index in [0.717, 1.165) is 0 Å². The number of nitrogens with two attached hydrogens (primary N) is 1. The number of rotatable bonds is 3. The van der Waals surface area contributed by atoms with Gasteiger partial charge in [0.25, 0.3) is 0 Å². The molecular formula is C14H12Cl2N2O2. The highest BCUT2D eigenvalue weighted by Crippen LogP contribution is 2.27. The molecule has 0 saturated carbocycles. The number of halogens is 2. The second-order valence-electron chi connectivity index (χ2n) is 4.08. The van der Waals surface area contributed by atoms with E-state index in [1.165, 1.54) is 7.11 Å². The number of esters is 1. The van der Waals surface area contributed by atoms with Gasteiger partial charge in [0, 0.05) is 27.1 Å². The lowest BCUT2D eigenvalue weighted by Gasteiger charge is -2.10. The lowest BCUT2D eigenvalue weighted by Crippen LogP contribution is -2.06. The van der Waals surface area contributed by atoms with Crippen LogP contribution in [0.4, 0.5) is 17.1 Å². The molecule has 0 atom stereocenters. The third kappa shape index (κ3) is 3.35. The fourth-order valence-electron chi connectivity index (χ4n) is 1.71. The third-order valence-corrected chi connectivity index (χ3v) is 3.05. The number of nitrogen functional groups attached to an aromatic ring is 1. The van der Waals surface area contributed by atoms with Gasteiger partial charge in [0.1, 0.15) is 0 Å². The van der Waals surface area contributed by atoms with E-state index >= 15 is 0 Å². The zero-order valence-corrected chi connectivity index (χ0v) is 12.1. The quantitative estimate of drug-likeness (QED) is 0.661. The molecule has 6 heteroatoms. The van der Waals surface area contributed by atoms with Gasteiger partial charge in [0.2, 0.25) is 0 Å². The molecule has 104 valence electrons. The van der Waals surface area contributed by atoms with E-state index < -0.39 is 5.97 Å². The number of methoxy groups -OCH3 is 1. The molecule has 0 aliphatic carbocycles. The zero-order valence-electron chi connectivity index (χ0n) is 10.6. The zero-order chi connectivity index (χ0) is 14.7. The Bertz CT molecular complexity index is 639. The number of anilines is 3. The Balaban J connectivity index is 2.32. The summed E-state index contributed by atoms with van der Waals surface area (Å²) in [6, 6.07) is 10.1. The van der Waals surface area contributed by atoms with Crippen LogP contribution in [0.25, 0.3) is 0 Å². The van der Waals surface area contributed by atoms with E-state index in [-0.39, 0.29) is 0 Å². The maximum absolute atomic E-state index is 11.6. The van der Waals surface area contributed by atoms with Crippen LogP contribution in [-0.4, -0.2) is 13.1 Å². The summed E-state index contributed by atoms with van der Waals surface area (Å²) in [6.45, 7) is 0. The predicted molar refractivity (Wildman–Crippen MR) is 81.9 cm³/mol. The van der Waals surface area contributed by atoms with Crippen LogP contribution in [-0.2, 0) is 4.74 Å². The standard InChI is InChI=1S/C14H12Cl2N2O2/c1-20-14(19)12-7-10(2-3-13(12)17)18-11-5-8(15)4-9(16)6-11/h2-7,18H,17H2,1H3. The van der Waals surface area contributed by atoms with Gasteiger partial charge < -0.3 is 15.8 Å². The first-order chi connectivity index (χ1) is 9.49. The number of ether oxygens (including phenoxy) is 1. The Labute approximate surface area is 126 Å². The second-order valence-corrected chi connectivity index (χ2v) is 4.95. The Morgan fingerprint density at radius 3 is 2.35 bits per heavy atom. The molecule has 3 N–H and O–H groups in total. The van der Waals surface area contributed by atoms with Crippen molar-refractivity contribution in [2.45, 2.75) is 0 Å². The first kappa shape index (κ1) is 14.5. The van der Waals surface area contributed by atoms with Crippen molar-refractivity contribution in [2.24, 2.45) is 0 Å². The van der Waals surface area contributed by atoms with Crippen LogP contribution in [0.15, 0.2) is 36.4 Å². The highest BCUT2D eigenvalue weighted by atomic mass is 35.5. The summed E-state index contributed by atoms with van der Waals surface area (Å²) in [7, 11) is 1.30. The maximum atomic E-state index is 11.6. The van der Waals surface area contributed by atoms with Gasteiger partial charge in [-0.05, 0) is 36.4 Å². The molecule has 0 fully saturated rings. The first-order valence-electron chi connectivity index (χ1n) is 5.70. The topological polar surface area (TPSA) is 64.3 Å². The minimum atomic E-state index is -0.490. The molecule has 0 aliphatic rings. The highest BCUT2D eigenvalue weighted by molar-refractivity contribution is 6.35. The van der Waals surface area contributed by atoms with Crippen LogP contribution in [0, 0.1) is 0 Å². The van der Waals surface area contributed by atoms with Crippen molar-refractivity contribution in [3.05, 3.63) is 52.0 Å². The van der Waals surface area contributed by atoms with Gasteiger partial charge in [-0.1, -0.05) is 23.2 Å². The van der Waals surface area contributed by atoms with Gasteiger partial charge in [-0.15, -0.1) is 0 Å². The summed E-state index contributed by atoms with van der Waals surface area (Å²) in [5.41, 5.74) is 7.78. The molecule has 0 unspecified atom stereocenters. The average molecular weight is 311 g/mol. The normalized spacial score (nSPS) is 10.2. The summed E-state index contributed by atoms with van der Waals surface area (Å²) < 4.78 is 4.67. The van der Waals surface area contributed by atoms with Gasteiger partial charge >= 0.3 is 5.97 Å². The summed E-state index contributed by atoms with van der Waals surface area (Å²) in [6.07, 6.45) is 0. The van der Waals surface area contributed by atoms with E-state index in [0.29, 0.717) is 32.7 Å². The van der Waals surface area contributed by atoms with Gasteiger partial charge in [-0.3, -0.25) is 0 Å². The summed E-state index contributed by atoms with van der Waals surface area (Å²) in [5, 5.41) is 4.13. The van der Waals surface area contributed by atoms with Crippen molar-refractivity contribution in [3.8, 4) is 0 Å². The van der Waals surface area contributed by atoms with Gasteiger partial charge in [0.05, 0.1) is 12.7 Å². The van der Waals surface area contributed by atoms with Crippen molar-refractivity contribution in [1.29, 1.82) is 0 Å². The van der Waals surface area contributed by atoms with Crippen LogP contribution in [0.3, 0.4) is 0 Å². The van der Waals surface area contributed by atoms with Crippen LogP contribution in [0.5, 0.6) is 0 Å². The van der Waals surface area contributed by atoms with E-state index in [1.54, 1.807) is 36.4 Å². The molecule has 0 bridgehead atoms. The Morgan fingerprint density at radius 2 is 1.75 bits per heavy atom. The minimum Gasteiger partial charge on any atom is -0.465 e. The van der Waals surface area contributed by atoms with Gasteiger partial charge in [-0.25, -0.2) is 4.79 Å². The molecule has 2 aromatic carbocycles. The van der Waals surface area contributed by atoms with E-state index in [4.69, 9.17) is 28.9 Å². The number of benzene rings is 2. The van der Waals surface area contributed by atoms with Crippen molar-refractivity contribution >= 4 is 46.2 Å². The second kappa shape index (κ2) is 6.03. The molecule has 0 saturated heterocycles. The number of nitrogens with one attached hydrogen (secondary N) is 1. The molecule has 2 rings (SSSR count). The monoisotopic (exact) mass is 310 g/mol. The minimum absolute atomic E-state index is 0.297. The predicted octanol–water partition coefficient (Wildman–Crippen LogP) is 4.11. The third-order valence-electron chi connectivity index (χ3n) is 2.61. The molecule has 0 spiro atoms. The molecule has 0 amide bonds. The molecule has 2 aromatic rings. The van der Waals surface area contributed by atoms with Crippen LogP contribution >= 0.6 is 23.2 Å².